The van der Waals surface area contributed by atoms with Crippen LogP contribution in [0.25, 0.3) is 0 Å². The van der Waals surface area contributed by atoms with Crippen molar-refractivity contribution in [3.63, 3.8) is 0 Å². The van der Waals surface area contributed by atoms with Gasteiger partial charge < -0.3 is 10.2 Å². The quantitative estimate of drug-likeness (QED) is 0.817. The van der Waals surface area contributed by atoms with Crippen molar-refractivity contribution in [1.82, 2.24) is 10.2 Å². The number of likely N-dealkylation sites (tertiary alicyclic amines) is 1. The van der Waals surface area contributed by atoms with E-state index in [1.54, 1.807) is 0 Å². The van der Waals surface area contributed by atoms with Crippen molar-refractivity contribution >= 4 is 5.91 Å². The zero-order chi connectivity index (χ0) is 13.0. The Morgan fingerprint density at radius 1 is 1.28 bits per heavy atom. The fourth-order valence-corrected chi connectivity index (χ4v) is 3.40. The van der Waals surface area contributed by atoms with Gasteiger partial charge >= 0.3 is 0 Å². The average Bonchev–Trinajstić information content (AvgIpc) is 2.63. The van der Waals surface area contributed by atoms with Gasteiger partial charge in [-0.05, 0) is 44.1 Å². The van der Waals surface area contributed by atoms with Crippen molar-refractivity contribution in [3.8, 4) is 0 Å². The van der Waals surface area contributed by atoms with E-state index in [9.17, 15) is 4.79 Å². The van der Waals surface area contributed by atoms with E-state index in [0.717, 1.165) is 38.5 Å². The number of rotatable bonds is 2. The number of hydrogen-bond acceptors (Lipinski definition) is 2. The Morgan fingerprint density at radius 2 is 2.11 bits per heavy atom. The van der Waals surface area contributed by atoms with Crippen molar-refractivity contribution in [2.75, 3.05) is 26.2 Å². The molecule has 2 aliphatic rings. The molecular formula is C15H28N2O. The maximum Gasteiger partial charge on any atom is 0.226 e. The molecule has 1 amide bonds. The van der Waals surface area contributed by atoms with Crippen molar-refractivity contribution in [1.29, 1.82) is 0 Å². The van der Waals surface area contributed by atoms with E-state index in [1.807, 2.05) is 0 Å². The van der Waals surface area contributed by atoms with Crippen LogP contribution in [0.3, 0.4) is 0 Å². The van der Waals surface area contributed by atoms with Gasteiger partial charge in [-0.1, -0.05) is 20.3 Å². The number of carbonyl (C=O) groups excluding carboxylic acids is 1. The summed E-state index contributed by atoms with van der Waals surface area (Å²) in [4.78, 5) is 14.7. The van der Waals surface area contributed by atoms with Crippen molar-refractivity contribution < 1.29 is 4.79 Å². The maximum atomic E-state index is 12.5. The third kappa shape index (κ3) is 3.47. The van der Waals surface area contributed by atoms with Crippen LogP contribution in [-0.4, -0.2) is 37.0 Å². The third-order valence-corrected chi connectivity index (χ3v) is 4.66. The summed E-state index contributed by atoms with van der Waals surface area (Å²) in [6.07, 6.45) is 6.04. The maximum absolute atomic E-state index is 12.5. The summed E-state index contributed by atoms with van der Waals surface area (Å²) >= 11 is 0. The normalized spacial score (nSPS) is 34.1. The van der Waals surface area contributed by atoms with Crippen LogP contribution >= 0.6 is 0 Å². The van der Waals surface area contributed by atoms with E-state index in [-0.39, 0.29) is 5.92 Å². The highest BCUT2D eigenvalue weighted by molar-refractivity contribution is 5.79. The molecule has 104 valence electrons. The summed E-state index contributed by atoms with van der Waals surface area (Å²) in [5.41, 5.74) is 0. The first-order chi connectivity index (χ1) is 8.70. The van der Waals surface area contributed by atoms with E-state index in [0.29, 0.717) is 11.8 Å². The van der Waals surface area contributed by atoms with Gasteiger partial charge in [-0.3, -0.25) is 4.79 Å². The first kappa shape index (κ1) is 13.9. The predicted octanol–water partition coefficient (Wildman–Crippen LogP) is 2.27. The lowest BCUT2D eigenvalue weighted by molar-refractivity contribution is -0.136. The molecule has 0 saturated carbocycles. The second-order valence-electron chi connectivity index (χ2n) is 6.23. The Kier molecular flexibility index (Phi) is 5.04. The van der Waals surface area contributed by atoms with Gasteiger partial charge in [0.1, 0.15) is 0 Å². The molecule has 1 N–H and O–H groups in total. The first-order valence-corrected chi connectivity index (χ1v) is 7.70. The Morgan fingerprint density at radius 3 is 2.83 bits per heavy atom. The molecule has 3 unspecified atom stereocenters. The molecule has 2 aliphatic heterocycles. The number of nitrogens with zero attached hydrogens (tertiary/aromatic N) is 1. The SMILES string of the molecule is CCC1CCCN(C(=O)C2CNCC(C)C2)CC1. The van der Waals surface area contributed by atoms with Crippen LogP contribution in [0.15, 0.2) is 0 Å². The molecule has 2 heterocycles. The van der Waals surface area contributed by atoms with Gasteiger partial charge in [-0.15, -0.1) is 0 Å². The summed E-state index contributed by atoms with van der Waals surface area (Å²) in [6.45, 7) is 8.44. The Labute approximate surface area is 111 Å². The third-order valence-electron chi connectivity index (χ3n) is 4.66. The molecule has 0 radical (unpaired) electrons. The monoisotopic (exact) mass is 252 g/mol. The lowest BCUT2D eigenvalue weighted by Crippen LogP contribution is -2.45. The van der Waals surface area contributed by atoms with Crippen LogP contribution in [0.4, 0.5) is 0 Å². The van der Waals surface area contributed by atoms with Crippen LogP contribution < -0.4 is 5.32 Å². The second-order valence-corrected chi connectivity index (χ2v) is 6.23. The van der Waals surface area contributed by atoms with Crippen molar-refractivity contribution in [2.45, 2.75) is 46.0 Å². The van der Waals surface area contributed by atoms with Gasteiger partial charge in [0.15, 0.2) is 0 Å². The van der Waals surface area contributed by atoms with Crippen LogP contribution in [-0.2, 0) is 4.79 Å². The van der Waals surface area contributed by atoms with Gasteiger partial charge in [0.25, 0.3) is 0 Å². The number of hydrogen-bond donors (Lipinski definition) is 1. The highest BCUT2D eigenvalue weighted by Gasteiger charge is 2.29. The van der Waals surface area contributed by atoms with Crippen LogP contribution in [0, 0.1) is 17.8 Å². The molecule has 2 rings (SSSR count). The molecule has 2 saturated heterocycles. The largest absolute Gasteiger partial charge is 0.342 e. The zero-order valence-corrected chi connectivity index (χ0v) is 12.0. The van der Waals surface area contributed by atoms with Gasteiger partial charge in [0.2, 0.25) is 5.91 Å². The average molecular weight is 252 g/mol. The molecule has 0 spiro atoms. The molecule has 3 heteroatoms. The summed E-state index contributed by atoms with van der Waals surface area (Å²) in [6, 6.07) is 0. The predicted molar refractivity (Wildman–Crippen MR) is 74.4 cm³/mol. The molecule has 3 nitrogen and oxygen atoms in total. The standard InChI is InChI=1S/C15H28N2O/c1-3-13-5-4-7-17(8-6-13)15(18)14-9-12(2)10-16-11-14/h12-14,16H,3-11H2,1-2H3. The summed E-state index contributed by atoms with van der Waals surface area (Å²) in [5, 5.41) is 3.39. The highest BCUT2D eigenvalue weighted by Crippen LogP contribution is 2.23. The molecule has 3 atom stereocenters. The fourth-order valence-electron chi connectivity index (χ4n) is 3.40. The van der Waals surface area contributed by atoms with Gasteiger partial charge in [0.05, 0.1) is 5.92 Å². The molecule has 2 fully saturated rings. The molecular weight excluding hydrogens is 224 g/mol. The number of amides is 1. The number of nitrogens with one attached hydrogen (secondary N) is 1. The Bertz CT molecular complexity index is 280. The van der Waals surface area contributed by atoms with Crippen molar-refractivity contribution in [2.24, 2.45) is 17.8 Å². The minimum absolute atomic E-state index is 0.229. The topological polar surface area (TPSA) is 32.3 Å². The zero-order valence-electron chi connectivity index (χ0n) is 12.0. The lowest BCUT2D eigenvalue weighted by Gasteiger charge is -2.31. The lowest BCUT2D eigenvalue weighted by atomic mass is 9.90. The molecule has 0 aromatic rings. The van der Waals surface area contributed by atoms with Gasteiger partial charge in [-0.2, -0.15) is 0 Å². The molecule has 18 heavy (non-hydrogen) atoms. The fraction of sp³-hybridized carbons (Fsp3) is 0.933. The Hall–Kier alpha value is -0.570. The minimum Gasteiger partial charge on any atom is -0.342 e. The molecule has 0 aliphatic carbocycles. The molecule has 0 aromatic heterocycles. The van der Waals surface area contributed by atoms with Gasteiger partial charge in [0, 0.05) is 19.6 Å². The van der Waals surface area contributed by atoms with Crippen LogP contribution in [0.1, 0.15) is 46.0 Å². The van der Waals surface area contributed by atoms with E-state index in [1.165, 1.54) is 25.7 Å². The smallest absolute Gasteiger partial charge is 0.226 e. The summed E-state index contributed by atoms with van der Waals surface area (Å²) in [5.74, 6) is 2.12. The number of carbonyl (C=O) groups is 1. The van der Waals surface area contributed by atoms with Gasteiger partial charge in [-0.25, -0.2) is 0 Å². The summed E-state index contributed by atoms with van der Waals surface area (Å²) < 4.78 is 0. The molecule has 0 aromatic carbocycles. The molecule has 0 bridgehead atoms. The highest BCUT2D eigenvalue weighted by atomic mass is 16.2. The van der Waals surface area contributed by atoms with Crippen LogP contribution in [0.2, 0.25) is 0 Å². The minimum atomic E-state index is 0.229. The Balaban J connectivity index is 1.88. The van der Waals surface area contributed by atoms with Crippen molar-refractivity contribution in [3.05, 3.63) is 0 Å². The number of piperidine rings is 1. The van der Waals surface area contributed by atoms with Crippen LogP contribution in [0.5, 0.6) is 0 Å². The first-order valence-electron chi connectivity index (χ1n) is 7.70. The van der Waals surface area contributed by atoms with E-state index in [4.69, 9.17) is 0 Å². The van der Waals surface area contributed by atoms with E-state index >= 15 is 0 Å². The van der Waals surface area contributed by atoms with E-state index < -0.39 is 0 Å². The summed E-state index contributed by atoms with van der Waals surface area (Å²) in [7, 11) is 0. The van der Waals surface area contributed by atoms with E-state index in [2.05, 4.69) is 24.1 Å². The second kappa shape index (κ2) is 6.55.